The second-order valence-corrected chi connectivity index (χ2v) is 7.52. The third-order valence-electron chi connectivity index (χ3n) is 5.38. The predicted octanol–water partition coefficient (Wildman–Crippen LogP) is 3.12. The lowest BCUT2D eigenvalue weighted by molar-refractivity contribution is -0.137. The van der Waals surface area contributed by atoms with Gasteiger partial charge in [-0.1, -0.05) is 6.42 Å². The van der Waals surface area contributed by atoms with Crippen LogP contribution in [0, 0.1) is 6.92 Å². The minimum atomic E-state index is -0.803. The Morgan fingerprint density at radius 3 is 2.72 bits per heavy atom. The molecule has 0 fully saturated rings. The maximum atomic E-state index is 12.3. The first-order chi connectivity index (χ1) is 13.9. The van der Waals surface area contributed by atoms with Gasteiger partial charge >= 0.3 is 11.6 Å². The fourth-order valence-electron chi connectivity index (χ4n) is 3.77. The normalized spacial score (nSPS) is 13.9. The molecule has 1 atom stereocenters. The van der Waals surface area contributed by atoms with Crippen LogP contribution in [-0.2, 0) is 22.4 Å². The van der Waals surface area contributed by atoms with E-state index in [0.29, 0.717) is 29.9 Å². The lowest BCUT2D eigenvalue weighted by Gasteiger charge is -2.17. The van der Waals surface area contributed by atoms with Gasteiger partial charge in [-0.05, 0) is 63.6 Å². The van der Waals surface area contributed by atoms with E-state index in [4.69, 9.17) is 14.3 Å². The van der Waals surface area contributed by atoms with Gasteiger partial charge in [-0.2, -0.15) is 0 Å². The highest BCUT2D eigenvalue weighted by molar-refractivity contribution is 5.86. The zero-order valence-electron chi connectivity index (χ0n) is 16.9. The highest BCUT2D eigenvalue weighted by atomic mass is 16.5. The number of carboxylic acids is 1. The van der Waals surface area contributed by atoms with Crippen molar-refractivity contribution in [3.63, 3.8) is 0 Å². The van der Waals surface area contributed by atoms with E-state index in [1.807, 2.05) is 19.1 Å². The largest absolute Gasteiger partial charge is 0.481 e. The van der Waals surface area contributed by atoms with E-state index >= 15 is 0 Å². The van der Waals surface area contributed by atoms with Crippen LogP contribution in [0.5, 0.6) is 5.75 Å². The van der Waals surface area contributed by atoms with Crippen molar-refractivity contribution >= 4 is 22.8 Å². The van der Waals surface area contributed by atoms with E-state index in [0.717, 1.165) is 48.6 Å². The zero-order chi connectivity index (χ0) is 21.0. The Hall–Kier alpha value is -2.83. The predicted molar refractivity (Wildman–Crippen MR) is 108 cm³/mol. The molecular formula is C22H27NO6. The Morgan fingerprint density at radius 1 is 1.21 bits per heavy atom. The second-order valence-electron chi connectivity index (χ2n) is 7.52. The summed E-state index contributed by atoms with van der Waals surface area (Å²) in [6.07, 6.45) is 4.11. The van der Waals surface area contributed by atoms with Crippen LogP contribution in [-0.4, -0.2) is 29.6 Å². The van der Waals surface area contributed by atoms with Crippen molar-refractivity contribution in [2.45, 2.75) is 64.9 Å². The number of aryl methyl sites for hydroxylation is 2. The molecule has 3 rings (SSSR count). The summed E-state index contributed by atoms with van der Waals surface area (Å²) < 4.78 is 11.4. The molecule has 0 unspecified atom stereocenters. The van der Waals surface area contributed by atoms with Crippen LogP contribution >= 0.6 is 0 Å². The number of ether oxygens (including phenoxy) is 1. The van der Waals surface area contributed by atoms with Gasteiger partial charge in [0.25, 0.3) is 5.91 Å². The molecule has 1 aromatic carbocycles. The zero-order valence-corrected chi connectivity index (χ0v) is 16.9. The maximum Gasteiger partial charge on any atom is 0.339 e. The van der Waals surface area contributed by atoms with Gasteiger partial charge in [0.1, 0.15) is 11.3 Å². The second kappa shape index (κ2) is 9.11. The van der Waals surface area contributed by atoms with E-state index < -0.39 is 12.1 Å². The topological polar surface area (TPSA) is 106 Å². The third-order valence-corrected chi connectivity index (χ3v) is 5.38. The molecule has 0 aliphatic heterocycles. The lowest BCUT2D eigenvalue weighted by Crippen LogP contribution is -2.36. The highest BCUT2D eigenvalue weighted by Gasteiger charge is 2.22. The Kier molecular flexibility index (Phi) is 6.56. The van der Waals surface area contributed by atoms with Crippen molar-refractivity contribution in [3.8, 4) is 5.75 Å². The van der Waals surface area contributed by atoms with Crippen molar-refractivity contribution in [1.29, 1.82) is 0 Å². The maximum absolute atomic E-state index is 12.3. The number of hydrogen-bond donors (Lipinski definition) is 2. The molecule has 0 bridgehead atoms. The van der Waals surface area contributed by atoms with Gasteiger partial charge < -0.3 is 19.6 Å². The van der Waals surface area contributed by atoms with Crippen molar-refractivity contribution in [1.82, 2.24) is 5.32 Å². The number of nitrogens with one attached hydrogen (secondary N) is 1. The molecule has 2 aromatic rings. The molecule has 1 heterocycles. The number of aliphatic carboxylic acids is 1. The van der Waals surface area contributed by atoms with Gasteiger partial charge in [0, 0.05) is 29.5 Å². The van der Waals surface area contributed by atoms with Gasteiger partial charge in [0.05, 0.1) is 0 Å². The molecule has 0 saturated carbocycles. The van der Waals surface area contributed by atoms with Gasteiger partial charge in [0.15, 0.2) is 6.10 Å². The molecule has 1 aliphatic carbocycles. The summed E-state index contributed by atoms with van der Waals surface area (Å²) >= 11 is 0. The molecule has 0 radical (unpaired) electrons. The van der Waals surface area contributed by atoms with Crippen LogP contribution in [0.4, 0.5) is 0 Å². The number of unbranched alkanes of at least 4 members (excludes halogenated alkanes) is 2. The van der Waals surface area contributed by atoms with Crippen LogP contribution in [0.15, 0.2) is 21.3 Å². The van der Waals surface area contributed by atoms with Gasteiger partial charge in [-0.3, -0.25) is 9.59 Å². The summed E-state index contributed by atoms with van der Waals surface area (Å²) in [5, 5.41) is 12.4. The Balaban J connectivity index is 1.62. The van der Waals surface area contributed by atoms with Gasteiger partial charge in [0.2, 0.25) is 0 Å². The van der Waals surface area contributed by atoms with Crippen molar-refractivity contribution in [3.05, 3.63) is 39.2 Å². The standard InChI is InChI=1S/C22H27NO6/c1-13-18(28-14(2)21(26)23-12-5-3-4-9-19(24)25)11-10-16-15-7-6-8-17(15)22(27)29-20(13)16/h10-11,14H,3-9,12H2,1-2H3,(H,23,26)(H,24,25)/t14-/m1/s1. The number of carboxylic acid groups (broad SMARTS) is 1. The fourth-order valence-corrected chi connectivity index (χ4v) is 3.77. The first-order valence-electron chi connectivity index (χ1n) is 10.1. The molecule has 2 N–H and O–H groups in total. The number of hydrogen-bond acceptors (Lipinski definition) is 5. The van der Waals surface area contributed by atoms with Crippen molar-refractivity contribution in [2.24, 2.45) is 0 Å². The molecule has 156 valence electrons. The fraction of sp³-hybridized carbons (Fsp3) is 0.500. The average Bonchev–Trinajstić information content (AvgIpc) is 3.17. The molecule has 7 nitrogen and oxygen atoms in total. The molecule has 1 amide bonds. The summed E-state index contributed by atoms with van der Waals surface area (Å²) in [4.78, 5) is 35.0. The summed E-state index contributed by atoms with van der Waals surface area (Å²) in [6, 6.07) is 3.73. The van der Waals surface area contributed by atoms with Crippen LogP contribution in [0.3, 0.4) is 0 Å². The van der Waals surface area contributed by atoms with Crippen molar-refractivity contribution < 1.29 is 23.8 Å². The molecule has 29 heavy (non-hydrogen) atoms. The Labute approximate surface area is 169 Å². The average molecular weight is 401 g/mol. The highest BCUT2D eigenvalue weighted by Crippen LogP contribution is 2.33. The van der Waals surface area contributed by atoms with Gasteiger partial charge in [-0.15, -0.1) is 0 Å². The first-order valence-corrected chi connectivity index (χ1v) is 10.1. The van der Waals surface area contributed by atoms with E-state index in [1.165, 1.54) is 0 Å². The number of amides is 1. The van der Waals surface area contributed by atoms with Gasteiger partial charge in [-0.25, -0.2) is 4.79 Å². The number of benzene rings is 1. The summed E-state index contributed by atoms with van der Waals surface area (Å²) in [7, 11) is 0. The summed E-state index contributed by atoms with van der Waals surface area (Å²) in [6.45, 7) is 3.97. The van der Waals surface area contributed by atoms with Crippen LogP contribution in [0.25, 0.3) is 11.0 Å². The first kappa shape index (κ1) is 20.9. The summed E-state index contributed by atoms with van der Waals surface area (Å²) in [5.41, 5.74) is 2.81. The van der Waals surface area contributed by atoms with E-state index in [-0.39, 0.29) is 18.0 Å². The van der Waals surface area contributed by atoms with Crippen molar-refractivity contribution in [2.75, 3.05) is 6.54 Å². The molecule has 0 saturated heterocycles. The molecular weight excluding hydrogens is 374 g/mol. The Morgan fingerprint density at radius 2 is 1.97 bits per heavy atom. The number of carbonyl (C=O) groups is 2. The SMILES string of the molecule is Cc1c(O[C@H](C)C(=O)NCCCCCC(=O)O)ccc2c3c(c(=O)oc12)CCC3. The number of fused-ring (bicyclic) bond motifs is 3. The third kappa shape index (κ3) is 4.78. The minimum Gasteiger partial charge on any atom is -0.481 e. The molecule has 7 heteroatoms. The number of carbonyl (C=O) groups excluding carboxylic acids is 1. The van der Waals surface area contributed by atoms with Crippen LogP contribution in [0.2, 0.25) is 0 Å². The Bertz CT molecular complexity index is 977. The smallest absolute Gasteiger partial charge is 0.339 e. The summed E-state index contributed by atoms with van der Waals surface area (Å²) in [5.74, 6) is -0.525. The number of rotatable bonds is 9. The van der Waals surface area contributed by atoms with E-state index in [1.54, 1.807) is 6.92 Å². The monoisotopic (exact) mass is 401 g/mol. The van der Waals surface area contributed by atoms with E-state index in [9.17, 15) is 14.4 Å². The quantitative estimate of drug-likeness (QED) is 0.494. The molecule has 1 aliphatic rings. The lowest BCUT2D eigenvalue weighted by atomic mass is 10.0. The van der Waals surface area contributed by atoms with Crippen LogP contribution < -0.4 is 15.7 Å². The minimum absolute atomic E-state index is 0.147. The van der Waals surface area contributed by atoms with E-state index in [2.05, 4.69) is 5.32 Å². The molecule has 0 spiro atoms. The molecule has 1 aromatic heterocycles. The van der Waals surface area contributed by atoms with Crippen LogP contribution in [0.1, 0.15) is 55.7 Å².